The summed E-state index contributed by atoms with van der Waals surface area (Å²) in [4.78, 5) is 0. The second-order valence-corrected chi connectivity index (χ2v) is 3.54. The Kier molecular flexibility index (Phi) is 1.98. The minimum atomic E-state index is 0.662. The minimum absolute atomic E-state index is 0.662. The zero-order chi connectivity index (χ0) is 7.68. The lowest BCUT2D eigenvalue weighted by molar-refractivity contribution is 0.299. The second kappa shape index (κ2) is 2.97. The van der Waals surface area contributed by atoms with Crippen molar-refractivity contribution in [1.82, 2.24) is 5.16 Å². The molecule has 60 valence electrons. The molecule has 0 unspecified atom stereocenters. The molecule has 0 aliphatic heterocycles. The number of hydrogen-bond donors (Lipinski definition) is 0. The Morgan fingerprint density at radius 1 is 1.64 bits per heavy atom. The highest BCUT2D eigenvalue weighted by Gasteiger charge is 2.23. The second-order valence-electron chi connectivity index (χ2n) is 2.98. The van der Waals surface area contributed by atoms with E-state index in [2.05, 4.69) is 27.2 Å². The van der Waals surface area contributed by atoms with E-state index in [1.54, 1.807) is 0 Å². The summed E-state index contributed by atoms with van der Waals surface area (Å²) in [7, 11) is 0. The molecule has 1 aliphatic carbocycles. The molecule has 3 heteroatoms. The first-order valence-electron chi connectivity index (χ1n) is 3.91. The van der Waals surface area contributed by atoms with E-state index in [9.17, 15) is 0 Å². The van der Waals surface area contributed by atoms with Gasteiger partial charge in [-0.3, -0.25) is 0 Å². The Morgan fingerprint density at radius 3 is 2.91 bits per heavy atom. The zero-order valence-corrected chi connectivity index (χ0v) is 7.80. The quantitative estimate of drug-likeness (QED) is 0.710. The topological polar surface area (TPSA) is 26.0 Å². The zero-order valence-electron chi connectivity index (χ0n) is 6.22. The molecule has 0 bridgehead atoms. The predicted molar refractivity (Wildman–Crippen MR) is 45.7 cm³/mol. The van der Waals surface area contributed by atoms with Crippen molar-refractivity contribution < 1.29 is 4.52 Å². The van der Waals surface area contributed by atoms with Crippen molar-refractivity contribution in [3.8, 4) is 0 Å². The van der Waals surface area contributed by atoms with Gasteiger partial charge in [-0.05, 0) is 12.8 Å². The fourth-order valence-electron chi connectivity index (χ4n) is 1.28. The minimum Gasteiger partial charge on any atom is -0.361 e. The first-order chi connectivity index (χ1) is 5.40. The molecule has 0 amide bonds. The van der Waals surface area contributed by atoms with Crippen LogP contribution in [0.3, 0.4) is 0 Å². The summed E-state index contributed by atoms with van der Waals surface area (Å²) >= 11 is 3.34. The number of nitrogens with zero attached hydrogens (tertiary/aromatic N) is 1. The van der Waals surface area contributed by atoms with Crippen LogP contribution in [0.15, 0.2) is 10.6 Å². The third kappa shape index (κ3) is 1.34. The van der Waals surface area contributed by atoms with E-state index >= 15 is 0 Å². The van der Waals surface area contributed by atoms with Gasteiger partial charge in [-0.25, -0.2) is 0 Å². The van der Waals surface area contributed by atoms with Gasteiger partial charge in [0.25, 0.3) is 0 Å². The molecule has 1 heterocycles. The summed E-state index contributed by atoms with van der Waals surface area (Å²) in [6.45, 7) is 0. The maximum absolute atomic E-state index is 5.18. The molecular weight excluding hydrogens is 206 g/mol. The first-order valence-corrected chi connectivity index (χ1v) is 5.04. The Morgan fingerprint density at radius 2 is 2.45 bits per heavy atom. The van der Waals surface area contributed by atoms with Gasteiger partial charge in [-0.2, -0.15) is 0 Å². The van der Waals surface area contributed by atoms with Gasteiger partial charge < -0.3 is 4.52 Å². The molecule has 0 aromatic carbocycles. The molecule has 0 saturated heterocycles. The molecule has 1 saturated carbocycles. The van der Waals surface area contributed by atoms with Crippen LogP contribution in [-0.4, -0.2) is 5.16 Å². The Hall–Kier alpha value is -0.310. The number of aromatic nitrogens is 1. The summed E-state index contributed by atoms with van der Waals surface area (Å²) < 4.78 is 5.18. The Labute approximate surface area is 74.1 Å². The lowest BCUT2D eigenvalue weighted by atomic mass is 9.83. The maximum atomic E-state index is 5.18. The van der Waals surface area contributed by atoms with E-state index in [4.69, 9.17) is 4.52 Å². The normalized spacial score (nSPS) is 18.3. The number of rotatable bonds is 2. The van der Waals surface area contributed by atoms with Crippen LogP contribution in [0, 0.1) is 0 Å². The molecule has 2 nitrogen and oxygen atoms in total. The van der Waals surface area contributed by atoms with Crippen LogP contribution in [0.2, 0.25) is 0 Å². The monoisotopic (exact) mass is 215 g/mol. The molecule has 1 aromatic rings. The SMILES string of the molecule is BrCc1cc(C2CCC2)on1. The van der Waals surface area contributed by atoms with Gasteiger partial charge in [0.2, 0.25) is 0 Å². The molecular formula is C8H10BrNO. The molecule has 0 spiro atoms. The van der Waals surface area contributed by atoms with Gasteiger partial charge in [0.05, 0.1) is 5.69 Å². The molecule has 0 radical (unpaired) electrons. The number of hydrogen-bond acceptors (Lipinski definition) is 2. The van der Waals surface area contributed by atoms with Crippen molar-refractivity contribution in [2.45, 2.75) is 30.5 Å². The average molecular weight is 216 g/mol. The van der Waals surface area contributed by atoms with Crippen molar-refractivity contribution in [3.63, 3.8) is 0 Å². The lowest BCUT2D eigenvalue weighted by Crippen LogP contribution is -2.07. The Bertz CT molecular complexity index is 242. The highest BCUT2D eigenvalue weighted by molar-refractivity contribution is 9.08. The number of halogens is 1. The van der Waals surface area contributed by atoms with Crippen LogP contribution in [0.1, 0.15) is 36.6 Å². The van der Waals surface area contributed by atoms with Gasteiger partial charge in [0, 0.05) is 17.3 Å². The third-order valence-corrected chi connectivity index (χ3v) is 2.80. The van der Waals surface area contributed by atoms with Crippen molar-refractivity contribution in [3.05, 3.63) is 17.5 Å². The fraction of sp³-hybridized carbons (Fsp3) is 0.625. The average Bonchev–Trinajstić information content (AvgIpc) is 2.32. The lowest BCUT2D eigenvalue weighted by Gasteiger charge is -2.21. The highest BCUT2D eigenvalue weighted by Crippen LogP contribution is 2.36. The van der Waals surface area contributed by atoms with Gasteiger partial charge >= 0.3 is 0 Å². The van der Waals surface area contributed by atoms with Crippen LogP contribution in [0.5, 0.6) is 0 Å². The smallest absolute Gasteiger partial charge is 0.140 e. The standard InChI is InChI=1S/C8H10BrNO/c9-5-7-4-8(11-10-7)6-2-1-3-6/h4,6H,1-3,5H2. The van der Waals surface area contributed by atoms with Crippen LogP contribution >= 0.6 is 15.9 Å². The van der Waals surface area contributed by atoms with Gasteiger partial charge in [0.1, 0.15) is 5.76 Å². The van der Waals surface area contributed by atoms with Gasteiger partial charge in [-0.1, -0.05) is 27.5 Å². The van der Waals surface area contributed by atoms with E-state index < -0.39 is 0 Å². The summed E-state index contributed by atoms with van der Waals surface area (Å²) in [6, 6.07) is 2.05. The first kappa shape index (κ1) is 7.35. The molecule has 1 aliphatic rings. The molecule has 1 fully saturated rings. The van der Waals surface area contributed by atoms with E-state index in [1.165, 1.54) is 19.3 Å². The third-order valence-electron chi connectivity index (χ3n) is 2.22. The fourth-order valence-corrected chi connectivity index (χ4v) is 1.54. The summed E-state index contributed by atoms with van der Waals surface area (Å²) in [5.41, 5.74) is 1.01. The summed E-state index contributed by atoms with van der Waals surface area (Å²) in [5.74, 6) is 1.74. The van der Waals surface area contributed by atoms with Crippen LogP contribution < -0.4 is 0 Å². The van der Waals surface area contributed by atoms with E-state index in [-0.39, 0.29) is 0 Å². The number of alkyl halides is 1. The molecule has 0 atom stereocenters. The Balaban J connectivity index is 2.11. The molecule has 11 heavy (non-hydrogen) atoms. The summed E-state index contributed by atoms with van der Waals surface area (Å²) in [6.07, 6.45) is 3.89. The van der Waals surface area contributed by atoms with E-state index in [1.807, 2.05) is 0 Å². The largest absolute Gasteiger partial charge is 0.361 e. The predicted octanol–water partition coefficient (Wildman–Crippen LogP) is 2.84. The van der Waals surface area contributed by atoms with Crippen molar-refractivity contribution in [1.29, 1.82) is 0 Å². The summed E-state index contributed by atoms with van der Waals surface area (Å²) in [5, 5.41) is 4.71. The van der Waals surface area contributed by atoms with E-state index in [0.29, 0.717) is 5.92 Å². The van der Waals surface area contributed by atoms with Crippen molar-refractivity contribution in [2.24, 2.45) is 0 Å². The van der Waals surface area contributed by atoms with Crippen LogP contribution in [-0.2, 0) is 5.33 Å². The molecule has 0 N–H and O–H groups in total. The molecule has 1 aromatic heterocycles. The van der Waals surface area contributed by atoms with Crippen LogP contribution in [0.4, 0.5) is 0 Å². The van der Waals surface area contributed by atoms with Gasteiger partial charge in [-0.15, -0.1) is 0 Å². The molecule has 2 rings (SSSR count). The van der Waals surface area contributed by atoms with Crippen LogP contribution in [0.25, 0.3) is 0 Å². The highest BCUT2D eigenvalue weighted by atomic mass is 79.9. The van der Waals surface area contributed by atoms with E-state index in [0.717, 1.165) is 16.8 Å². The van der Waals surface area contributed by atoms with Gasteiger partial charge in [0.15, 0.2) is 0 Å². The maximum Gasteiger partial charge on any atom is 0.140 e. The van der Waals surface area contributed by atoms with Crippen molar-refractivity contribution in [2.75, 3.05) is 0 Å². The van der Waals surface area contributed by atoms with Crippen molar-refractivity contribution >= 4 is 15.9 Å².